The summed E-state index contributed by atoms with van der Waals surface area (Å²) < 4.78 is 0. The molecule has 0 aliphatic carbocycles. The summed E-state index contributed by atoms with van der Waals surface area (Å²) in [7, 11) is 0. The summed E-state index contributed by atoms with van der Waals surface area (Å²) in [4.78, 5) is 7.09. The van der Waals surface area contributed by atoms with Crippen LogP contribution in [0.2, 0.25) is 0 Å². The number of nitrogens with zero attached hydrogens (tertiary/aromatic N) is 2. The van der Waals surface area contributed by atoms with E-state index in [2.05, 4.69) is 35.1 Å². The van der Waals surface area contributed by atoms with Gasteiger partial charge in [0, 0.05) is 25.3 Å². The molecule has 0 aromatic carbocycles. The second-order valence-corrected chi connectivity index (χ2v) is 5.65. The van der Waals surface area contributed by atoms with Crippen molar-refractivity contribution in [3.05, 3.63) is 29.6 Å². The molecule has 1 aliphatic heterocycles. The summed E-state index contributed by atoms with van der Waals surface area (Å²) in [5.74, 6) is 0. The van der Waals surface area contributed by atoms with Gasteiger partial charge in [-0.05, 0) is 50.9 Å². The Morgan fingerprint density at radius 3 is 3.00 bits per heavy atom. The van der Waals surface area contributed by atoms with Gasteiger partial charge in [-0.15, -0.1) is 0 Å². The number of nitrogens with one attached hydrogen (secondary N) is 1. The van der Waals surface area contributed by atoms with Crippen molar-refractivity contribution in [2.24, 2.45) is 0 Å². The van der Waals surface area contributed by atoms with E-state index >= 15 is 0 Å². The number of pyridine rings is 1. The van der Waals surface area contributed by atoms with Gasteiger partial charge in [-0.2, -0.15) is 0 Å². The highest BCUT2D eigenvalue weighted by Gasteiger charge is 2.17. The maximum absolute atomic E-state index is 4.53. The first kappa shape index (κ1) is 14.5. The molecular formula is C16H27N3. The summed E-state index contributed by atoms with van der Waals surface area (Å²) in [6.45, 7) is 8.90. The summed E-state index contributed by atoms with van der Waals surface area (Å²) in [6.07, 6.45) is 7.15. The molecule has 1 saturated heterocycles. The van der Waals surface area contributed by atoms with Crippen LogP contribution < -0.4 is 5.32 Å². The van der Waals surface area contributed by atoms with Crippen LogP contribution >= 0.6 is 0 Å². The number of aryl methyl sites for hydroxylation is 1. The van der Waals surface area contributed by atoms with Crippen LogP contribution in [0.5, 0.6) is 0 Å². The molecule has 0 radical (unpaired) electrons. The third-order valence-electron chi connectivity index (χ3n) is 3.92. The van der Waals surface area contributed by atoms with Crippen LogP contribution in [0, 0.1) is 6.92 Å². The number of aromatic nitrogens is 1. The molecule has 1 fully saturated rings. The molecule has 1 atom stereocenters. The Balaban J connectivity index is 1.93. The molecule has 1 N–H and O–H groups in total. The van der Waals surface area contributed by atoms with Gasteiger partial charge in [0.2, 0.25) is 0 Å². The van der Waals surface area contributed by atoms with Gasteiger partial charge in [0.25, 0.3) is 0 Å². The highest BCUT2D eigenvalue weighted by atomic mass is 15.2. The van der Waals surface area contributed by atoms with Crippen LogP contribution in [0.15, 0.2) is 18.3 Å². The van der Waals surface area contributed by atoms with Crippen LogP contribution in [0.4, 0.5) is 0 Å². The SMILES string of the molecule is CCCN(Cc1ncccc1C)CC1CCCCN1. The van der Waals surface area contributed by atoms with Gasteiger partial charge in [0.05, 0.1) is 5.69 Å². The maximum atomic E-state index is 4.53. The van der Waals surface area contributed by atoms with Crippen molar-refractivity contribution in [1.29, 1.82) is 0 Å². The average molecular weight is 261 g/mol. The number of hydrogen-bond donors (Lipinski definition) is 1. The van der Waals surface area contributed by atoms with E-state index in [-0.39, 0.29) is 0 Å². The predicted octanol–water partition coefficient (Wildman–Crippen LogP) is 2.74. The zero-order valence-electron chi connectivity index (χ0n) is 12.4. The van der Waals surface area contributed by atoms with E-state index in [1.165, 1.54) is 43.5 Å². The third kappa shape index (κ3) is 4.59. The topological polar surface area (TPSA) is 28.2 Å². The second-order valence-electron chi connectivity index (χ2n) is 5.65. The highest BCUT2D eigenvalue weighted by molar-refractivity contribution is 5.17. The van der Waals surface area contributed by atoms with Crippen molar-refractivity contribution < 1.29 is 0 Å². The van der Waals surface area contributed by atoms with Gasteiger partial charge >= 0.3 is 0 Å². The van der Waals surface area contributed by atoms with Crippen LogP contribution in [0.1, 0.15) is 43.9 Å². The maximum Gasteiger partial charge on any atom is 0.0573 e. The minimum Gasteiger partial charge on any atom is -0.313 e. The number of hydrogen-bond acceptors (Lipinski definition) is 3. The van der Waals surface area contributed by atoms with E-state index in [1.807, 2.05) is 12.3 Å². The molecule has 2 rings (SSSR count). The molecule has 2 heterocycles. The number of piperidine rings is 1. The van der Waals surface area contributed by atoms with E-state index in [1.54, 1.807) is 0 Å². The molecule has 0 amide bonds. The van der Waals surface area contributed by atoms with Gasteiger partial charge in [0.1, 0.15) is 0 Å². The average Bonchev–Trinajstić information content (AvgIpc) is 2.43. The predicted molar refractivity (Wildman–Crippen MR) is 80.2 cm³/mol. The van der Waals surface area contributed by atoms with E-state index in [0.29, 0.717) is 6.04 Å². The van der Waals surface area contributed by atoms with Crippen molar-refractivity contribution in [3.8, 4) is 0 Å². The molecule has 1 aromatic rings. The minimum atomic E-state index is 0.671. The standard InChI is InChI=1S/C16H27N3/c1-3-11-19(12-15-8-4-5-9-17-15)13-16-14(2)7-6-10-18-16/h6-7,10,15,17H,3-5,8-9,11-13H2,1-2H3. The first-order chi connectivity index (χ1) is 9.29. The van der Waals surface area contributed by atoms with Gasteiger partial charge in [-0.1, -0.05) is 19.4 Å². The van der Waals surface area contributed by atoms with Crippen LogP contribution in [-0.2, 0) is 6.54 Å². The molecule has 1 aromatic heterocycles. The van der Waals surface area contributed by atoms with E-state index in [4.69, 9.17) is 0 Å². The van der Waals surface area contributed by atoms with Crippen molar-refractivity contribution >= 4 is 0 Å². The Bertz CT molecular complexity index is 372. The molecule has 0 saturated carbocycles. The zero-order valence-corrected chi connectivity index (χ0v) is 12.4. The lowest BCUT2D eigenvalue weighted by atomic mass is 10.0. The van der Waals surface area contributed by atoms with Crippen molar-refractivity contribution in [2.45, 2.75) is 52.1 Å². The fourth-order valence-corrected chi connectivity index (χ4v) is 2.84. The molecule has 0 bridgehead atoms. The Morgan fingerprint density at radius 2 is 2.32 bits per heavy atom. The Labute approximate surface area is 117 Å². The molecular weight excluding hydrogens is 234 g/mol. The summed E-state index contributed by atoms with van der Waals surface area (Å²) >= 11 is 0. The first-order valence-electron chi connectivity index (χ1n) is 7.66. The van der Waals surface area contributed by atoms with Gasteiger partial charge < -0.3 is 5.32 Å². The molecule has 19 heavy (non-hydrogen) atoms. The van der Waals surface area contributed by atoms with E-state index in [9.17, 15) is 0 Å². The minimum absolute atomic E-state index is 0.671. The van der Waals surface area contributed by atoms with Gasteiger partial charge in [0.15, 0.2) is 0 Å². The monoisotopic (exact) mass is 261 g/mol. The Hall–Kier alpha value is -0.930. The summed E-state index contributed by atoms with van der Waals surface area (Å²) in [5, 5.41) is 3.65. The fraction of sp³-hybridized carbons (Fsp3) is 0.688. The zero-order chi connectivity index (χ0) is 13.5. The van der Waals surface area contributed by atoms with Crippen LogP contribution in [-0.4, -0.2) is 35.6 Å². The van der Waals surface area contributed by atoms with Gasteiger partial charge in [-0.25, -0.2) is 0 Å². The molecule has 1 unspecified atom stereocenters. The van der Waals surface area contributed by atoms with Crippen molar-refractivity contribution in [2.75, 3.05) is 19.6 Å². The highest BCUT2D eigenvalue weighted by Crippen LogP contribution is 2.12. The summed E-state index contributed by atoms with van der Waals surface area (Å²) in [5.41, 5.74) is 2.53. The summed E-state index contributed by atoms with van der Waals surface area (Å²) in [6, 6.07) is 4.85. The van der Waals surface area contributed by atoms with Gasteiger partial charge in [-0.3, -0.25) is 9.88 Å². The van der Waals surface area contributed by atoms with Crippen molar-refractivity contribution in [1.82, 2.24) is 15.2 Å². The Morgan fingerprint density at radius 1 is 1.42 bits per heavy atom. The van der Waals surface area contributed by atoms with E-state index in [0.717, 1.165) is 19.6 Å². The molecule has 3 nitrogen and oxygen atoms in total. The van der Waals surface area contributed by atoms with Crippen LogP contribution in [0.3, 0.4) is 0 Å². The lowest BCUT2D eigenvalue weighted by Crippen LogP contribution is -2.43. The fourth-order valence-electron chi connectivity index (χ4n) is 2.84. The molecule has 3 heteroatoms. The lowest BCUT2D eigenvalue weighted by molar-refractivity contribution is 0.215. The smallest absolute Gasteiger partial charge is 0.0573 e. The van der Waals surface area contributed by atoms with Crippen molar-refractivity contribution in [3.63, 3.8) is 0 Å². The third-order valence-corrected chi connectivity index (χ3v) is 3.92. The van der Waals surface area contributed by atoms with E-state index < -0.39 is 0 Å². The molecule has 106 valence electrons. The second kappa shape index (κ2) is 7.61. The first-order valence-corrected chi connectivity index (χ1v) is 7.66. The molecule has 0 spiro atoms. The quantitative estimate of drug-likeness (QED) is 0.853. The largest absolute Gasteiger partial charge is 0.313 e. The number of rotatable bonds is 6. The normalized spacial score (nSPS) is 19.8. The van der Waals surface area contributed by atoms with Crippen LogP contribution in [0.25, 0.3) is 0 Å². The Kier molecular flexibility index (Phi) is 5.80. The molecule has 1 aliphatic rings. The lowest BCUT2D eigenvalue weighted by Gasteiger charge is -2.30.